The van der Waals surface area contributed by atoms with Gasteiger partial charge in [0.15, 0.2) is 0 Å². The van der Waals surface area contributed by atoms with E-state index in [-0.39, 0.29) is 12.1 Å². The molecule has 1 aromatic heterocycles. The second kappa shape index (κ2) is 5.49. The highest BCUT2D eigenvalue weighted by Crippen LogP contribution is 2.39. The first kappa shape index (κ1) is 14.3. The predicted octanol–water partition coefficient (Wildman–Crippen LogP) is 3.69. The maximum Gasteiger partial charge on any atom is 0.213 e. The lowest BCUT2D eigenvalue weighted by atomic mass is 9.71. The van der Waals surface area contributed by atoms with Gasteiger partial charge in [-0.15, -0.1) is 0 Å². The summed E-state index contributed by atoms with van der Waals surface area (Å²) in [4.78, 5) is 4.31. The summed E-state index contributed by atoms with van der Waals surface area (Å²) in [6.07, 6.45) is 5.55. The highest BCUT2D eigenvalue weighted by Gasteiger charge is 2.33. The molecule has 1 heterocycles. The van der Waals surface area contributed by atoms with Crippen LogP contribution in [-0.2, 0) is 0 Å². The minimum absolute atomic E-state index is 0.0204. The molecule has 3 nitrogen and oxygen atoms in total. The van der Waals surface area contributed by atoms with Crippen molar-refractivity contribution < 1.29 is 4.74 Å². The smallest absolute Gasteiger partial charge is 0.213 e. The molecule has 3 atom stereocenters. The Hall–Kier alpha value is -1.09. The molecule has 19 heavy (non-hydrogen) atoms. The van der Waals surface area contributed by atoms with Gasteiger partial charge in [0.25, 0.3) is 0 Å². The van der Waals surface area contributed by atoms with Crippen LogP contribution in [0.15, 0.2) is 18.3 Å². The fourth-order valence-electron chi connectivity index (χ4n) is 3.29. The highest BCUT2D eigenvalue weighted by molar-refractivity contribution is 5.23. The minimum Gasteiger partial charge on any atom is -0.474 e. The monoisotopic (exact) mass is 262 g/mol. The van der Waals surface area contributed by atoms with E-state index in [1.165, 1.54) is 6.42 Å². The van der Waals surface area contributed by atoms with E-state index in [1.54, 1.807) is 6.20 Å². The zero-order chi connectivity index (χ0) is 14.0. The lowest BCUT2D eigenvalue weighted by molar-refractivity contribution is 0.0532. The molecule has 1 aliphatic rings. The zero-order valence-corrected chi connectivity index (χ0v) is 12.5. The van der Waals surface area contributed by atoms with Crippen molar-refractivity contribution in [2.75, 3.05) is 0 Å². The van der Waals surface area contributed by atoms with Crippen LogP contribution in [-0.4, -0.2) is 11.1 Å². The summed E-state index contributed by atoms with van der Waals surface area (Å²) in [5.74, 6) is 1.43. The number of rotatable bonds is 3. The topological polar surface area (TPSA) is 48.1 Å². The first-order valence-corrected chi connectivity index (χ1v) is 7.24. The molecule has 1 saturated carbocycles. The van der Waals surface area contributed by atoms with Gasteiger partial charge in [-0.3, -0.25) is 0 Å². The van der Waals surface area contributed by atoms with Gasteiger partial charge in [-0.25, -0.2) is 4.98 Å². The van der Waals surface area contributed by atoms with Crippen LogP contribution >= 0.6 is 0 Å². The van der Waals surface area contributed by atoms with E-state index in [9.17, 15) is 0 Å². The molecule has 1 fully saturated rings. The second-order valence-electron chi connectivity index (χ2n) is 6.87. The van der Waals surface area contributed by atoms with Crippen LogP contribution in [0.5, 0.6) is 5.88 Å². The van der Waals surface area contributed by atoms with Gasteiger partial charge in [0.2, 0.25) is 5.88 Å². The summed E-state index contributed by atoms with van der Waals surface area (Å²) in [7, 11) is 0. The molecule has 1 aromatic rings. The van der Waals surface area contributed by atoms with Gasteiger partial charge in [-0.05, 0) is 49.1 Å². The Kier molecular flexibility index (Phi) is 4.14. The van der Waals surface area contributed by atoms with Crippen molar-refractivity contribution in [1.82, 2.24) is 4.98 Å². The highest BCUT2D eigenvalue weighted by atomic mass is 16.5. The van der Waals surface area contributed by atoms with Crippen molar-refractivity contribution in [3.05, 3.63) is 23.9 Å². The van der Waals surface area contributed by atoms with E-state index >= 15 is 0 Å². The summed E-state index contributed by atoms with van der Waals surface area (Å²) in [6, 6.07) is 3.94. The van der Waals surface area contributed by atoms with Gasteiger partial charge < -0.3 is 10.5 Å². The van der Waals surface area contributed by atoms with E-state index in [0.717, 1.165) is 18.4 Å². The van der Waals surface area contributed by atoms with Gasteiger partial charge in [0.05, 0.1) is 0 Å². The average Bonchev–Trinajstić information content (AvgIpc) is 2.26. The number of nitrogens with two attached hydrogens (primary N) is 1. The second-order valence-corrected chi connectivity index (χ2v) is 6.87. The van der Waals surface area contributed by atoms with E-state index in [0.29, 0.717) is 17.2 Å². The predicted molar refractivity (Wildman–Crippen MR) is 78.1 cm³/mol. The number of hydrogen-bond donors (Lipinski definition) is 1. The number of aromatic nitrogens is 1. The van der Waals surface area contributed by atoms with Gasteiger partial charge in [0, 0.05) is 18.3 Å². The van der Waals surface area contributed by atoms with Crippen molar-refractivity contribution in [2.24, 2.45) is 17.1 Å². The van der Waals surface area contributed by atoms with E-state index in [4.69, 9.17) is 10.5 Å². The molecule has 0 saturated heterocycles. The van der Waals surface area contributed by atoms with Crippen LogP contribution in [0.2, 0.25) is 0 Å². The summed E-state index contributed by atoms with van der Waals surface area (Å²) in [5, 5.41) is 0. The molecular weight excluding hydrogens is 236 g/mol. The lowest BCUT2D eigenvalue weighted by Gasteiger charge is -2.38. The molecule has 0 aromatic carbocycles. The molecule has 2 rings (SSSR count). The maximum atomic E-state index is 6.09. The van der Waals surface area contributed by atoms with Crippen molar-refractivity contribution in [3.63, 3.8) is 0 Å². The number of hydrogen-bond acceptors (Lipinski definition) is 3. The third kappa shape index (κ3) is 3.93. The van der Waals surface area contributed by atoms with Crippen molar-refractivity contribution in [3.8, 4) is 5.88 Å². The minimum atomic E-state index is 0.0204. The Bertz CT molecular complexity index is 429. The normalized spacial score (nSPS) is 27.8. The largest absolute Gasteiger partial charge is 0.474 e. The molecule has 3 heteroatoms. The van der Waals surface area contributed by atoms with Crippen LogP contribution in [0, 0.1) is 11.3 Å². The van der Waals surface area contributed by atoms with Crippen LogP contribution in [0.3, 0.4) is 0 Å². The summed E-state index contributed by atoms with van der Waals surface area (Å²) in [6.45, 7) is 8.93. The molecule has 1 aliphatic carbocycles. The van der Waals surface area contributed by atoms with Crippen molar-refractivity contribution in [1.29, 1.82) is 0 Å². The van der Waals surface area contributed by atoms with Gasteiger partial charge in [-0.1, -0.05) is 20.8 Å². The Morgan fingerprint density at radius 2 is 2.16 bits per heavy atom. The van der Waals surface area contributed by atoms with Gasteiger partial charge in [-0.2, -0.15) is 0 Å². The number of pyridine rings is 1. The van der Waals surface area contributed by atoms with Crippen LogP contribution in [0.4, 0.5) is 0 Å². The Morgan fingerprint density at radius 1 is 1.42 bits per heavy atom. The van der Waals surface area contributed by atoms with Crippen LogP contribution < -0.4 is 10.5 Å². The molecule has 0 bridgehead atoms. The number of nitrogens with zero attached hydrogens (tertiary/aromatic N) is 1. The van der Waals surface area contributed by atoms with Crippen LogP contribution in [0.25, 0.3) is 0 Å². The molecule has 106 valence electrons. The van der Waals surface area contributed by atoms with Gasteiger partial charge >= 0.3 is 0 Å². The molecule has 0 radical (unpaired) electrons. The molecule has 2 N–H and O–H groups in total. The van der Waals surface area contributed by atoms with Crippen molar-refractivity contribution >= 4 is 0 Å². The number of ether oxygens (including phenoxy) is 1. The fraction of sp³-hybridized carbons (Fsp3) is 0.688. The Labute approximate surface area is 116 Å². The van der Waals surface area contributed by atoms with Crippen molar-refractivity contribution in [2.45, 2.75) is 59.1 Å². The molecule has 0 spiro atoms. The first-order chi connectivity index (χ1) is 8.85. The third-order valence-corrected chi connectivity index (χ3v) is 3.92. The Morgan fingerprint density at radius 3 is 2.79 bits per heavy atom. The summed E-state index contributed by atoms with van der Waals surface area (Å²) < 4.78 is 6.09. The quantitative estimate of drug-likeness (QED) is 0.903. The van der Waals surface area contributed by atoms with E-state index in [1.807, 2.05) is 19.1 Å². The summed E-state index contributed by atoms with van der Waals surface area (Å²) >= 11 is 0. The standard InChI is InChI=1S/C16H26N2O/c1-11-7-14(10-16(3,4)9-11)19-15-8-13(12(2)17)5-6-18-15/h5-6,8,11-12,14H,7,9-10,17H2,1-4H3/t11?,12-,14?/m1/s1. The maximum absolute atomic E-state index is 6.09. The molecule has 0 amide bonds. The van der Waals surface area contributed by atoms with Gasteiger partial charge in [0.1, 0.15) is 6.10 Å². The molecular formula is C16H26N2O. The summed E-state index contributed by atoms with van der Waals surface area (Å²) in [5.41, 5.74) is 7.34. The average molecular weight is 262 g/mol. The molecule has 0 aliphatic heterocycles. The lowest BCUT2D eigenvalue weighted by Crippen LogP contribution is -2.34. The first-order valence-electron chi connectivity index (χ1n) is 7.24. The Balaban J connectivity index is 2.06. The van der Waals surface area contributed by atoms with E-state index in [2.05, 4.69) is 25.8 Å². The zero-order valence-electron chi connectivity index (χ0n) is 12.5. The SMILES string of the molecule is CC1CC(Oc2cc([C@@H](C)N)ccn2)CC(C)(C)C1. The molecule has 2 unspecified atom stereocenters. The fourth-order valence-corrected chi connectivity index (χ4v) is 3.29. The van der Waals surface area contributed by atoms with E-state index < -0.39 is 0 Å². The third-order valence-electron chi connectivity index (χ3n) is 3.92. The van der Waals surface area contributed by atoms with Crippen LogP contribution in [0.1, 0.15) is 58.6 Å².